The van der Waals surface area contributed by atoms with Crippen LogP contribution in [0.2, 0.25) is 0 Å². The summed E-state index contributed by atoms with van der Waals surface area (Å²) in [5.74, 6) is -2.08. The predicted octanol–water partition coefficient (Wildman–Crippen LogP) is 2.79. The summed E-state index contributed by atoms with van der Waals surface area (Å²) in [5.41, 5.74) is 1.09. The number of thiophene rings is 1. The van der Waals surface area contributed by atoms with E-state index in [2.05, 4.69) is 5.32 Å². The number of sulfone groups is 1. The molecule has 2 rings (SSSR count). The maximum atomic E-state index is 12.8. The van der Waals surface area contributed by atoms with Crippen LogP contribution in [0.15, 0.2) is 29.2 Å². The highest BCUT2D eigenvalue weighted by molar-refractivity contribution is 7.92. The van der Waals surface area contributed by atoms with E-state index in [1.165, 1.54) is 11.3 Å². The molecule has 0 aliphatic rings. The number of nitrogens with zero attached hydrogens (tertiary/aromatic N) is 1. The van der Waals surface area contributed by atoms with Gasteiger partial charge in [0.25, 0.3) is 0 Å². The van der Waals surface area contributed by atoms with Crippen LogP contribution in [-0.4, -0.2) is 20.1 Å². The molecule has 0 saturated heterocycles. The molecule has 0 aliphatic heterocycles. The molecule has 2 aromatic rings. The normalized spacial score (nSPS) is 11.0. The van der Waals surface area contributed by atoms with Gasteiger partial charge in [0, 0.05) is 4.88 Å². The summed E-state index contributed by atoms with van der Waals surface area (Å²) in [4.78, 5) is 12.7. The molecule has 1 N–H and O–H groups in total. The van der Waals surface area contributed by atoms with E-state index in [-0.39, 0.29) is 4.90 Å². The van der Waals surface area contributed by atoms with Crippen molar-refractivity contribution in [2.24, 2.45) is 0 Å². The van der Waals surface area contributed by atoms with E-state index in [1.807, 2.05) is 13.0 Å². The molecule has 5 nitrogen and oxygen atoms in total. The minimum atomic E-state index is -3.88. The Hall–Kier alpha value is -2.24. The molecule has 1 aromatic heterocycles. The van der Waals surface area contributed by atoms with Crippen LogP contribution in [0.25, 0.3) is 0 Å². The number of rotatable bonds is 4. The quantitative estimate of drug-likeness (QED) is 0.857. The molecule has 0 spiro atoms. The summed E-state index contributed by atoms with van der Waals surface area (Å²) < 4.78 is 37.1. The van der Waals surface area contributed by atoms with Gasteiger partial charge in [-0.3, -0.25) is 4.79 Å². The van der Waals surface area contributed by atoms with E-state index in [0.717, 1.165) is 34.7 Å². The molecule has 120 valence electrons. The van der Waals surface area contributed by atoms with Crippen LogP contribution >= 0.6 is 11.3 Å². The molecule has 0 atom stereocenters. The van der Waals surface area contributed by atoms with Crippen molar-refractivity contribution < 1.29 is 17.6 Å². The van der Waals surface area contributed by atoms with Gasteiger partial charge in [-0.15, -0.1) is 11.3 Å². The smallest absolute Gasteiger partial charge is 0.240 e. The largest absolute Gasteiger partial charge is 0.316 e. The van der Waals surface area contributed by atoms with Gasteiger partial charge in [-0.05, 0) is 43.7 Å². The number of amides is 1. The first-order valence-electron chi connectivity index (χ1n) is 6.53. The van der Waals surface area contributed by atoms with Crippen molar-refractivity contribution in [3.05, 3.63) is 46.1 Å². The third-order valence-corrected chi connectivity index (χ3v) is 6.00. The minimum Gasteiger partial charge on any atom is -0.316 e. The summed E-state index contributed by atoms with van der Waals surface area (Å²) in [6.07, 6.45) is 0. The molecule has 1 amide bonds. The summed E-state index contributed by atoms with van der Waals surface area (Å²) in [7, 11) is -3.88. The number of nitrogens with one attached hydrogen (secondary N) is 1. The van der Waals surface area contributed by atoms with E-state index >= 15 is 0 Å². The average molecular weight is 352 g/mol. The Morgan fingerprint density at radius 3 is 2.48 bits per heavy atom. The summed E-state index contributed by atoms with van der Waals surface area (Å²) >= 11 is 1.22. The maximum Gasteiger partial charge on any atom is 0.240 e. The standard InChI is InChI=1S/C15H13FN2O3S2/c1-9-10(2)22-15(13(9)7-17)18-14(19)8-23(20,21)12-5-3-11(16)4-6-12/h3-6H,8H2,1-2H3,(H,18,19). The SMILES string of the molecule is Cc1sc(NC(=O)CS(=O)(=O)c2ccc(F)cc2)c(C#N)c1C. The number of anilines is 1. The second-order valence-corrected chi connectivity index (χ2v) is 8.07. The van der Waals surface area contributed by atoms with Crippen molar-refractivity contribution >= 4 is 32.1 Å². The number of carbonyl (C=O) groups excluding carboxylic acids is 1. The highest BCUT2D eigenvalue weighted by Gasteiger charge is 2.21. The molecule has 0 unspecified atom stereocenters. The Bertz CT molecular complexity index is 894. The van der Waals surface area contributed by atoms with Gasteiger partial charge < -0.3 is 5.32 Å². The second-order valence-electron chi connectivity index (χ2n) is 4.86. The van der Waals surface area contributed by atoms with Gasteiger partial charge in [0.05, 0.1) is 10.5 Å². The van der Waals surface area contributed by atoms with Gasteiger partial charge in [0.2, 0.25) is 5.91 Å². The molecule has 8 heteroatoms. The third kappa shape index (κ3) is 3.75. The van der Waals surface area contributed by atoms with Crippen molar-refractivity contribution in [1.29, 1.82) is 5.26 Å². The fraction of sp³-hybridized carbons (Fsp3) is 0.200. The van der Waals surface area contributed by atoms with Gasteiger partial charge in [-0.2, -0.15) is 5.26 Å². The molecular formula is C15H13FN2O3S2. The first-order valence-corrected chi connectivity index (χ1v) is 8.99. The molecule has 1 heterocycles. The Morgan fingerprint density at radius 2 is 1.91 bits per heavy atom. The first kappa shape index (κ1) is 17.1. The number of nitriles is 1. The predicted molar refractivity (Wildman–Crippen MR) is 85.6 cm³/mol. The van der Waals surface area contributed by atoms with Crippen LogP contribution in [0.5, 0.6) is 0 Å². The Kier molecular flexibility index (Phi) is 4.82. The van der Waals surface area contributed by atoms with Crippen LogP contribution in [0, 0.1) is 31.0 Å². The van der Waals surface area contributed by atoms with Crippen LogP contribution in [0.4, 0.5) is 9.39 Å². The molecule has 0 bridgehead atoms. The molecule has 0 fully saturated rings. The molecule has 23 heavy (non-hydrogen) atoms. The molecule has 0 saturated carbocycles. The van der Waals surface area contributed by atoms with E-state index in [0.29, 0.717) is 10.6 Å². The number of hydrogen-bond donors (Lipinski definition) is 1. The van der Waals surface area contributed by atoms with E-state index in [1.54, 1.807) is 6.92 Å². The Balaban J connectivity index is 2.18. The lowest BCUT2D eigenvalue weighted by molar-refractivity contribution is -0.113. The summed E-state index contributed by atoms with van der Waals surface area (Å²) in [6.45, 7) is 3.57. The lowest BCUT2D eigenvalue weighted by atomic mass is 10.2. The van der Waals surface area contributed by atoms with Crippen molar-refractivity contribution in [1.82, 2.24) is 0 Å². The van der Waals surface area contributed by atoms with E-state index < -0.39 is 27.3 Å². The Labute approximate surface area is 137 Å². The van der Waals surface area contributed by atoms with Crippen LogP contribution in [-0.2, 0) is 14.6 Å². The number of aryl methyl sites for hydroxylation is 1. The topological polar surface area (TPSA) is 87.0 Å². The summed E-state index contributed by atoms with van der Waals surface area (Å²) in [6, 6.07) is 6.25. The van der Waals surface area contributed by atoms with Gasteiger partial charge in [-0.1, -0.05) is 0 Å². The Morgan fingerprint density at radius 1 is 1.30 bits per heavy atom. The van der Waals surface area contributed by atoms with Crippen molar-refractivity contribution in [2.45, 2.75) is 18.7 Å². The number of carbonyl (C=O) groups is 1. The number of benzene rings is 1. The minimum absolute atomic E-state index is 0.131. The number of halogens is 1. The van der Waals surface area contributed by atoms with Crippen LogP contribution in [0.3, 0.4) is 0 Å². The highest BCUT2D eigenvalue weighted by Crippen LogP contribution is 2.31. The zero-order valence-corrected chi connectivity index (χ0v) is 14.0. The van der Waals surface area contributed by atoms with Crippen molar-refractivity contribution in [2.75, 3.05) is 11.1 Å². The zero-order valence-electron chi connectivity index (χ0n) is 12.4. The zero-order chi connectivity index (χ0) is 17.2. The van der Waals surface area contributed by atoms with Gasteiger partial charge in [0.15, 0.2) is 9.84 Å². The fourth-order valence-electron chi connectivity index (χ4n) is 1.91. The lowest BCUT2D eigenvalue weighted by Gasteiger charge is -2.05. The third-order valence-electron chi connectivity index (χ3n) is 3.24. The maximum absolute atomic E-state index is 12.8. The molecular weight excluding hydrogens is 339 g/mol. The van der Waals surface area contributed by atoms with Gasteiger partial charge >= 0.3 is 0 Å². The van der Waals surface area contributed by atoms with Gasteiger partial charge in [-0.25, -0.2) is 12.8 Å². The molecule has 0 aliphatic carbocycles. The monoisotopic (exact) mass is 352 g/mol. The van der Waals surface area contributed by atoms with E-state index in [9.17, 15) is 17.6 Å². The van der Waals surface area contributed by atoms with Gasteiger partial charge in [0.1, 0.15) is 22.6 Å². The summed E-state index contributed by atoms with van der Waals surface area (Å²) in [5, 5.41) is 11.9. The van der Waals surface area contributed by atoms with Crippen LogP contribution in [0.1, 0.15) is 16.0 Å². The average Bonchev–Trinajstić information content (AvgIpc) is 2.72. The second kappa shape index (κ2) is 6.48. The van der Waals surface area contributed by atoms with Crippen molar-refractivity contribution in [3.8, 4) is 6.07 Å². The van der Waals surface area contributed by atoms with Crippen molar-refractivity contribution in [3.63, 3.8) is 0 Å². The number of hydrogen-bond acceptors (Lipinski definition) is 5. The van der Waals surface area contributed by atoms with E-state index in [4.69, 9.17) is 5.26 Å². The highest BCUT2D eigenvalue weighted by atomic mass is 32.2. The first-order chi connectivity index (χ1) is 10.7. The lowest BCUT2D eigenvalue weighted by Crippen LogP contribution is -2.23. The van der Waals surface area contributed by atoms with Crippen LogP contribution < -0.4 is 5.32 Å². The fourth-order valence-corrected chi connectivity index (χ4v) is 4.07. The molecule has 0 radical (unpaired) electrons. The molecule has 1 aromatic carbocycles.